The molecule has 0 saturated carbocycles. The molecule has 0 radical (unpaired) electrons. The van der Waals surface area contributed by atoms with Crippen LogP contribution in [0.15, 0.2) is 28.8 Å². The van der Waals surface area contributed by atoms with E-state index in [1.54, 1.807) is 12.0 Å². The summed E-state index contributed by atoms with van der Waals surface area (Å²) in [6, 6.07) is 7.45. The molecule has 9 nitrogen and oxygen atoms in total. The highest BCUT2D eigenvalue weighted by atomic mass is 16.5. The van der Waals surface area contributed by atoms with Crippen LogP contribution >= 0.6 is 0 Å². The Morgan fingerprint density at radius 1 is 1.13 bits per heavy atom. The van der Waals surface area contributed by atoms with E-state index in [0.717, 1.165) is 24.2 Å². The summed E-state index contributed by atoms with van der Waals surface area (Å²) < 4.78 is 10.6. The van der Waals surface area contributed by atoms with Gasteiger partial charge in [-0.05, 0) is 37.1 Å². The van der Waals surface area contributed by atoms with Crippen LogP contribution in [0.25, 0.3) is 11.4 Å². The largest absolute Gasteiger partial charge is 0.497 e. The zero-order valence-electron chi connectivity index (χ0n) is 16.9. The number of likely N-dealkylation sites (tertiary alicyclic amines) is 2. The Morgan fingerprint density at radius 3 is 2.43 bits per heavy atom. The van der Waals surface area contributed by atoms with Crippen LogP contribution in [0.4, 0.5) is 0 Å². The predicted molar refractivity (Wildman–Crippen MR) is 105 cm³/mol. The molecule has 3 heterocycles. The number of rotatable bonds is 6. The molecule has 158 valence electrons. The maximum atomic E-state index is 12.5. The molecule has 3 amide bonds. The van der Waals surface area contributed by atoms with Crippen LogP contribution in [0, 0.1) is 0 Å². The van der Waals surface area contributed by atoms with Gasteiger partial charge in [-0.25, -0.2) is 0 Å². The molecule has 1 aromatic carbocycles. The van der Waals surface area contributed by atoms with Crippen molar-refractivity contribution in [1.82, 2.24) is 19.9 Å². The number of aromatic nitrogens is 2. The molecule has 0 aliphatic carbocycles. The van der Waals surface area contributed by atoms with Crippen LogP contribution in [0.2, 0.25) is 0 Å². The zero-order valence-corrected chi connectivity index (χ0v) is 16.9. The van der Waals surface area contributed by atoms with Gasteiger partial charge in [-0.1, -0.05) is 5.16 Å². The summed E-state index contributed by atoms with van der Waals surface area (Å²) in [7, 11) is 1.62. The number of amides is 3. The van der Waals surface area contributed by atoms with Crippen LogP contribution in [-0.2, 0) is 14.4 Å². The Kier molecular flexibility index (Phi) is 5.78. The fourth-order valence-corrected chi connectivity index (χ4v) is 3.87. The average Bonchev–Trinajstić information content (AvgIpc) is 3.39. The Hall–Kier alpha value is -3.23. The predicted octanol–water partition coefficient (Wildman–Crippen LogP) is 1.99. The molecule has 0 atom stereocenters. The fourth-order valence-electron chi connectivity index (χ4n) is 3.87. The molecule has 0 unspecified atom stereocenters. The number of benzene rings is 1. The number of carbonyl (C=O) groups excluding carboxylic acids is 3. The Morgan fingerprint density at radius 2 is 1.80 bits per heavy atom. The highest BCUT2D eigenvalue weighted by molar-refractivity contribution is 6.02. The van der Waals surface area contributed by atoms with Crippen molar-refractivity contribution in [1.29, 1.82) is 0 Å². The summed E-state index contributed by atoms with van der Waals surface area (Å²) in [5.74, 6) is 1.58. The maximum Gasteiger partial charge on any atom is 0.230 e. The average molecular weight is 412 g/mol. The van der Waals surface area contributed by atoms with E-state index < -0.39 is 0 Å². The van der Waals surface area contributed by atoms with E-state index in [-0.39, 0.29) is 49.4 Å². The van der Waals surface area contributed by atoms with E-state index in [1.165, 1.54) is 4.90 Å². The van der Waals surface area contributed by atoms with Crippen molar-refractivity contribution in [3.05, 3.63) is 30.2 Å². The van der Waals surface area contributed by atoms with Gasteiger partial charge in [-0.3, -0.25) is 19.3 Å². The minimum atomic E-state index is -0.185. The van der Waals surface area contributed by atoms with Crippen molar-refractivity contribution in [2.75, 3.05) is 26.7 Å². The second kappa shape index (κ2) is 8.64. The summed E-state index contributed by atoms with van der Waals surface area (Å²) in [6.45, 7) is 1.35. The minimum absolute atomic E-state index is 0.0367. The Bertz CT molecular complexity index is 915. The molecule has 2 fully saturated rings. The maximum absolute atomic E-state index is 12.5. The molecule has 2 aliphatic heterocycles. The minimum Gasteiger partial charge on any atom is -0.497 e. The number of carbonyl (C=O) groups is 3. The lowest BCUT2D eigenvalue weighted by molar-refractivity contribution is -0.139. The van der Waals surface area contributed by atoms with Crippen molar-refractivity contribution < 1.29 is 23.6 Å². The lowest BCUT2D eigenvalue weighted by Crippen LogP contribution is -2.40. The van der Waals surface area contributed by atoms with Gasteiger partial charge in [0.25, 0.3) is 0 Å². The van der Waals surface area contributed by atoms with Gasteiger partial charge in [-0.15, -0.1) is 0 Å². The van der Waals surface area contributed by atoms with E-state index in [0.29, 0.717) is 24.8 Å². The molecule has 2 aromatic rings. The first-order valence-corrected chi connectivity index (χ1v) is 10.1. The van der Waals surface area contributed by atoms with Crippen molar-refractivity contribution in [2.45, 2.75) is 38.0 Å². The molecule has 1 aromatic heterocycles. The topological polar surface area (TPSA) is 106 Å². The smallest absolute Gasteiger partial charge is 0.230 e. The first kappa shape index (κ1) is 20.1. The van der Waals surface area contributed by atoms with Gasteiger partial charge in [0.15, 0.2) is 0 Å². The first-order valence-electron chi connectivity index (χ1n) is 10.1. The Labute approximate surface area is 174 Å². The number of nitrogens with zero attached hydrogens (tertiary/aromatic N) is 4. The van der Waals surface area contributed by atoms with Gasteiger partial charge < -0.3 is 14.2 Å². The zero-order chi connectivity index (χ0) is 21.1. The molecule has 9 heteroatoms. The van der Waals surface area contributed by atoms with E-state index in [1.807, 2.05) is 24.3 Å². The van der Waals surface area contributed by atoms with Gasteiger partial charge in [0.05, 0.1) is 7.11 Å². The van der Waals surface area contributed by atoms with Gasteiger partial charge in [0, 0.05) is 50.4 Å². The second-order valence-electron chi connectivity index (χ2n) is 7.53. The summed E-state index contributed by atoms with van der Waals surface area (Å²) in [5.41, 5.74) is 0.851. The summed E-state index contributed by atoms with van der Waals surface area (Å²) >= 11 is 0. The first-order chi connectivity index (χ1) is 14.5. The van der Waals surface area contributed by atoms with Crippen LogP contribution in [0.5, 0.6) is 5.75 Å². The number of imide groups is 1. The number of hydrogen-bond donors (Lipinski definition) is 0. The van der Waals surface area contributed by atoms with Gasteiger partial charge in [0.2, 0.25) is 29.4 Å². The number of hydrogen-bond acceptors (Lipinski definition) is 7. The van der Waals surface area contributed by atoms with E-state index in [2.05, 4.69) is 10.1 Å². The molecule has 30 heavy (non-hydrogen) atoms. The van der Waals surface area contributed by atoms with Crippen LogP contribution in [0.1, 0.15) is 43.9 Å². The van der Waals surface area contributed by atoms with Crippen LogP contribution in [0.3, 0.4) is 0 Å². The number of piperidine rings is 1. The SMILES string of the molecule is COc1ccc(-c2noc(C3CCN(C(=O)CCN4C(=O)CCC4=O)CC3)n2)cc1. The molecule has 2 saturated heterocycles. The van der Waals surface area contributed by atoms with Crippen molar-refractivity contribution in [3.63, 3.8) is 0 Å². The van der Waals surface area contributed by atoms with Crippen molar-refractivity contribution >= 4 is 17.7 Å². The molecule has 4 rings (SSSR count). The summed E-state index contributed by atoms with van der Waals surface area (Å²) in [6.07, 6.45) is 2.14. The Balaban J connectivity index is 1.29. The van der Waals surface area contributed by atoms with Crippen LogP contribution in [-0.4, -0.2) is 64.4 Å². The lowest BCUT2D eigenvalue weighted by atomic mass is 9.96. The summed E-state index contributed by atoms with van der Waals surface area (Å²) in [4.78, 5) is 43.3. The van der Waals surface area contributed by atoms with E-state index in [4.69, 9.17) is 9.26 Å². The quantitative estimate of drug-likeness (QED) is 0.668. The molecule has 0 bridgehead atoms. The van der Waals surface area contributed by atoms with Gasteiger partial charge in [0.1, 0.15) is 5.75 Å². The van der Waals surface area contributed by atoms with E-state index in [9.17, 15) is 14.4 Å². The van der Waals surface area contributed by atoms with Crippen LogP contribution < -0.4 is 4.74 Å². The van der Waals surface area contributed by atoms with E-state index >= 15 is 0 Å². The van der Waals surface area contributed by atoms with Gasteiger partial charge >= 0.3 is 0 Å². The fraction of sp³-hybridized carbons (Fsp3) is 0.476. The molecular formula is C21H24N4O5. The molecule has 2 aliphatic rings. The third-order valence-corrected chi connectivity index (χ3v) is 5.69. The van der Waals surface area contributed by atoms with Crippen molar-refractivity contribution in [3.8, 4) is 17.1 Å². The number of ether oxygens (including phenoxy) is 1. The van der Waals surface area contributed by atoms with Gasteiger partial charge in [-0.2, -0.15) is 4.98 Å². The van der Waals surface area contributed by atoms with Crippen molar-refractivity contribution in [2.24, 2.45) is 0 Å². The third-order valence-electron chi connectivity index (χ3n) is 5.69. The third kappa shape index (κ3) is 4.19. The number of methoxy groups -OCH3 is 1. The highest BCUT2D eigenvalue weighted by Gasteiger charge is 2.31. The monoisotopic (exact) mass is 412 g/mol. The lowest BCUT2D eigenvalue weighted by Gasteiger charge is -2.30. The molecule has 0 N–H and O–H groups in total. The summed E-state index contributed by atoms with van der Waals surface area (Å²) in [5, 5.41) is 4.08. The molecular weight excluding hydrogens is 388 g/mol. The second-order valence-corrected chi connectivity index (χ2v) is 7.53. The molecule has 0 spiro atoms. The highest BCUT2D eigenvalue weighted by Crippen LogP contribution is 2.29. The normalized spacial score (nSPS) is 17.6. The standard InChI is InChI=1S/C21H24N4O5/c1-29-16-4-2-14(3-5-16)20-22-21(30-23-20)15-8-11-24(12-9-15)17(26)10-13-25-18(27)6-7-19(25)28/h2-5,15H,6-13H2,1H3.